The topological polar surface area (TPSA) is 28.2 Å². The van der Waals surface area contributed by atoms with E-state index in [0.717, 1.165) is 18.7 Å². The second-order valence-corrected chi connectivity index (χ2v) is 5.19. The monoisotopic (exact) mass is 307 g/mol. The summed E-state index contributed by atoms with van der Waals surface area (Å²) in [6, 6.07) is 10.2. The standard InChI is InChI=1S/C16H19ClFN3/c1-3-10-19-11-14-12(17)8-9-16(20-14)21(2)15-7-5-4-6-13(15)18/h4-9,19H,3,10-11H2,1-2H3. The first-order chi connectivity index (χ1) is 10.1. The Hall–Kier alpha value is -1.65. The van der Waals surface area contributed by atoms with Crippen LogP contribution >= 0.6 is 11.6 Å². The molecule has 2 rings (SSSR count). The minimum absolute atomic E-state index is 0.276. The second-order valence-electron chi connectivity index (χ2n) is 4.79. The number of nitrogens with one attached hydrogen (secondary N) is 1. The van der Waals surface area contributed by atoms with Gasteiger partial charge in [0, 0.05) is 13.6 Å². The normalized spacial score (nSPS) is 10.7. The maximum absolute atomic E-state index is 13.8. The van der Waals surface area contributed by atoms with E-state index in [4.69, 9.17) is 11.6 Å². The highest BCUT2D eigenvalue weighted by molar-refractivity contribution is 6.31. The Labute approximate surface area is 129 Å². The molecule has 0 aliphatic rings. The van der Waals surface area contributed by atoms with Crippen molar-refractivity contribution in [1.29, 1.82) is 0 Å². The summed E-state index contributed by atoms with van der Waals surface area (Å²) in [6.45, 7) is 3.61. The Bertz CT molecular complexity index is 604. The number of benzene rings is 1. The van der Waals surface area contributed by atoms with E-state index in [0.29, 0.717) is 23.1 Å². The summed E-state index contributed by atoms with van der Waals surface area (Å²) in [5.74, 6) is 0.389. The quantitative estimate of drug-likeness (QED) is 0.813. The van der Waals surface area contributed by atoms with Crippen LogP contribution in [0.15, 0.2) is 36.4 Å². The van der Waals surface area contributed by atoms with Crippen molar-refractivity contribution in [2.24, 2.45) is 0 Å². The van der Waals surface area contributed by atoms with Crippen molar-refractivity contribution in [3.63, 3.8) is 0 Å². The highest BCUT2D eigenvalue weighted by atomic mass is 35.5. The van der Waals surface area contributed by atoms with Crippen LogP contribution in [0.25, 0.3) is 0 Å². The number of anilines is 2. The molecule has 3 nitrogen and oxygen atoms in total. The maximum Gasteiger partial charge on any atom is 0.146 e. The molecule has 0 aliphatic heterocycles. The van der Waals surface area contributed by atoms with E-state index in [2.05, 4.69) is 17.2 Å². The van der Waals surface area contributed by atoms with E-state index < -0.39 is 0 Å². The summed E-state index contributed by atoms with van der Waals surface area (Å²) in [6.07, 6.45) is 1.05. The number of hydrogen-bond donors (Lipinski definition) is 1. The summed E-state index contributed by atoms with van der Waals surface area (Å²) in [4.78, 5) is 6.24. The van der Waals surface area contributed by atoms with Gasteiger partial charge in [-0.2, -0.15) is 0 Å². The summed E-state index contributed by atoms with van der Waals surface area (Å²) < 4.78 is 13.8. The lowest BCUT2D eigenvalue weighted by atomic mass is 10.2. The molecule has 0 saturated heterocycles. The Morgan fingerprint density at radius 1 is 1.24 bits per heavy atom. The highest BCUT2D eigenvalue weighted by Crippen LogP contribution is 2.26. The van der Waals surface area contributed by atoms with Crippen LogP contribution < -0.4 is 10.2 Å². The molecular formula is C16H19ClFN3. The lowest BCUT2D eigenvalue weighted by Crippen LogP contribution is -2.17. The van der Waals surface area contributed by atoms with Gasteiger partial charge in [0.2, 0.25) is 0 Å². The van der Waals surface area contributed by atoms with Crippen LogP contribution in [0.1, 0.15) is 19.0 Å². The predicted molar refractivity (Wildman–Crippen MR) is 85.7 cm³/mol. The molecule has 0 aliphatic carbocycles. The largest absolute Gasteiger partial charge is 0.327 e. The molecule has 0 spiro atoms. The number of pyridine rings is 1. The van der Waals surface area contributed by atoms with Crippen molar-refractivity contribution in [2.75, 3.05) is 18.5 Å². The Balaban J connectivity index is 2.23. The fourth-order valence-corrected chi connectivity index (χ4v) is 2.19. The molecule has 0 amide bonds. The number of aromatic nitrogens is 1. The van der Waals surface area contributed by atoms with E-state index >= 15 is 0 Å². The molecule has 1 aromatic carbocycles. The van der Waals surface area contributed by atoms with Crippen LogP contribution in [-0.2, 0) is 6.54 Å². The lowest BCUT2D eigenvalue weighted by Gasteiger charge is -2.20. The fourth-order valence-electron chi connectivity index (χ4n) is 2.01. The van der Waals surface area contributed by atoms with Gasteiger partial charge in [0.25, 0.3) is 0 Å². The van der Waals surface area contributed by atoms with Crippen molar-refractivity contribution < 1.29 is 4.39 Å². The third-order valence-electron chi connectivity index (χ3n) is 3.18. The van der Waals surface area contributed by atoms with Crippen LogP contribution in [0.3, 0.4) is 0 Å². The van der Waals surface area contributed by atoms with Gasteiger partial charge in [-0.1, -0.05) is 30.7 Å². The smallest absolute Gasteiger partial charge is 0.146 e. The first-order valence-corrected chi connectivity index (χ1v) is 7.35. The number of nitrogens with zero attached hydrogens (tertiary/aromatic N) is 2. The van der Waals surface area contributed by atoms with Crippen molar-refractivity contribution in [2.45, 2.75) is 19.9 Å². The summed E-state index contributed by atoms with van der Waals surface area (Å²) >= 11 is 6.16. The van der Waals surface area contributed by atoms with Crippen molar-refractivity contribution >= 4 is 23.1 Å². The minimum Gasteiger partial charge on any atom is -0.327 e. The zero-order valence-corrected chi connectivity index (χ0v) is 13.0. The SMILES string of the molecule is CCCNCc1nc(N(C)c2ccccc2F)ccc1Cl. The van der Waals surface area contributed by atoms with E-state index in [1.165, 1.54) is 6.07 Å². The number of rotatable bonds is 6. The van der Waals surface area contributed by atoms with E-state index in [9.17, 15) is 4.39 Å². The molecule has 112 valence electrons. The van der Waals surface area contributed by atoms with Gasteiger partial charge in [-0.25, -0.2) is 9.37 Å². The lowest BCUT2D eigenvalue weighted by molar-refractivity contribution is 0.627. The zero-order chi connectivity index (χ0) is 15.2. The van der Waals surface area contributed by atoms with Gasteiger partial charge in [-0.3, -0.25) is 0 Å². The third kappa shape index (κ3) is 3.93. The Morgan fingerprint density at radius 2 is 2.00 bits per heavy atom. The number of para-hydroxylation sites is 1. The fraction of sp³-hybridized carbons (Fsp3) is 0.312. The summed E-state index contributed by atoms with van der Waals surface area (Å²) in [5, 5.41) is 3.89. The minimum atomic E-state index is -0.276. The van der Waals surface area contributed by atoms with E-state index in [-0.39, 0.29) is 5.82 Å². The van der Waals surface area contributed by atoms with Gasteiger partial charge in [-0.05, 0) is 37.2 Å². The molecule has 5 heteroatoms. The van der Waals surface area contributed by atoms with Crippen molar-refractivity contribution in [1.82, 2.24) is 10.3 Å². The summed E-state index contributed by atoms with van der Waals surface area (Å²) in [7, 11) is 1.79. The highest BCUT2D eigenvalue weighted by Gasteiger charge is 2.12. The second kappa shape index (κ2) is 7.38. The van der Waals surface area contributed by atoms with Crippen LogP contribution in [0, 0.1) is 5.82 Å². The molecule has 0 unspecified atom stereocenters. The molecule has 21 heavy (non-hydrogen) atoms. The van der Waals surface area contributed by atoms with Crippen molar-refractivity contribution in [3.05, 3.63) is 52.9 Å². The molecule has 0 bridgehead atoms. The zero-order valence-electron chi connectivity index (χ0n) is 12.2. The third-order valence-corrected chi connectivity index (χ3v) is 3.52. The van der Waals surface area contributed by atoms with Crippen LogP contribution in [0.5, 0.6) is 0 Å². The van der Waals surface area contributed by atoms with Crippen LogP contribution in [0.2, 0.25) is 5.02 Å². The van der Waals surface area contributed by atoms with Crippen LogP contribution in [-0.4, -0.2) is 18.6 Å². The molecule has 1 N–H and O–H groups in total. The van der Waals surface area contributed by atoms with Gasteiger partial charge >= 0.3 is 0 Å². The van der Waals surface area contributed by atoms with Gasteiger partial charge in [0.1, 0.15) is 11.6 Å². The van der Waals surface area contributed by atoms with Crippen LogP contribution in [0.4, 0.5) is 15.9 Å². The molecule has 1 aromatic heterocycles. The Kier molecular flexibility index (Phi) is 5.53. The Morgan fingerprint density at radius 3 is 2.71 bits per heavy atom. The first-order valence-electron chi connectivity index (χ1n) is 6.98. The maximum atomic E-state index is 13.8. The number of hydrogen-bond acceptors (Lipinski definition) is 3. The van der Waals surface area contributed by atoms with Gasteiger partial charge in [-0.15, -0.1) is 0 Å². The van der Waals surface area contributed by atoms with Gasteiger partial charge in [0.05, 0.1) is 16.4 Å². The average Bonchev–Trinajstić information content (AvgIpc) is 2.49. The molecule has 0 saturated carbocycles. The molecule has 0 atom stereocenters. The molecule has 2 aromatic rings. The average molecular weight is 308 g/mol. The molecule has 0 fully saturated rings. The van der Waals surface area contributed by atoms with E-state index in [1.54, 1.807) is 42.3 Å². The van der Waals surface area contributed by atoms with Gasteiger partial charge in [0.15, 0.2) is 0 Å². The van der Waals surface area contributed by atoms with Gasteiger partial charge < -0.3 is 10.2 Å². The summed E-state index contributed by atoms with van der Waals surface area (Å²) in [5.41, 5.74) is 1.26. The first kappa shape index (κ1) is 15.7. The van der Waals surface area contributed by atoms with Crippen molar-refractivity contribution in [3.8, 4) is 0 Å². The molecular weight excluding hydrogens is 289 g/mol. The number of halogens is 2. The predicted octanol–water partition coefficient (Wildman–Crippen LogP) is 4.14. The molecule has 1 heterocycles. The van der Waals surface area contributed by atoms with E-state index in [1.807, 2.05) is 0 Å². The molecule has 0 radical (unpaired) electrons.